The molecule has 4 rings (SSSR count). The third-order valence-corrected chi connectivity index (χ3v) is 5.55. The first-order valence-electron chi connectivity index (χ1n) is 9.39. The number of carbonyl (C=O) groups excluding carboxylic acids is 2. The van der Waals surface area contributed by atoms with E-state index in [4.69, 9.17) is 4.74 Å². The second-order valence-corrected chi connectivity index (χ2v) is 7.85. The molecule has 1 aromatic carbocycles. The number of rotatable bonds is 8. The number of hydrogen-bond donors (Lipinski definition) is 2. The summed E-state index contributed by atoms with van der Waals surface area (Å²) in [5.41, 5.74) is 0.973. The summed E-state index contributed by atoms with van der Waals surface area (Å²) in [6.07, 6.45) is 4.18. The lowest BCUT2D eigenvalue weighted by atomic mass is 10.1. The lowest BCUT2D eigenvalue weighted by Gasteiger charge is -2.11. The Bertz CT molecular complexity index is 847. The van der Waals surface area contributed by atoms with Crippen LogP contribution in [0.25, 0.3) is 0 Å². The molecule has 1 aliphatic carbocycles. The average Bonchev–Trinajstić information content (AvgIpc) is 3.16. The van der Waals surface area contributed by atoms with Crippen molar-refractivity contribution in [3.05, 3.63) is 29.8 Å². The molecule has 0 spiro atoms. The topological polar surface area (TPSA) is 111 Å². The minimum absolute atomic E-state index is 0.119. The number of benzene rings is 1. The normalized spacial score (nSPS) is 18.8. The minimum atomic E-state index is -0.219. The zero-order chi connectivity index (χ0) is 19.3. The van der Waals surface area contributed by atoms with Crippen molar-refractivity contribution in [1.29, 1.82) is 0 Å². The van der Waals surface area contributed by atoms with E-state index in [1.165, 1.54) is 11.8 Å². The summed E-state index contributed by atoms with van der Waals surface area (Å²) in [6, 6.07) is 7.27. The van der Waals surface area contributed by atoms with Crippen LogP contribution in [0.15, 0.2) is 29.4 Å². The van der Waals surface area contributed by atoms with E-state index in [9.17, 15) is 9.59 Å². The number of thioether (sulfide) groups is 1. The molecule has 0 radical (unpaired) electrons. The third-order valence-electron chi connectivity index (χ3n) is 4.59. The average molecular weight is 402 g/mol. The van der Waals surface area contributed by atoms with Gasteiger partial charge < -0.3 is 15.4 Å². The molecule has 2 heterocycles. The maximum atomic E-state index is 12.4. The molecule has 28 heavy (non-hydrogen) atoms. The SMILES string of the molecule is O=C(CSc1nnnn1CC1CCCO1)Nc1ccccc1C(=O)NC1CC1. The van der Waals surface area contributed by atoms with Gasteiger partial charge >= 0.3 is 0 Å². The van der Waals surface area contributed by atoms with E-state index in [0.29, 0.717) is 23.0 Å². The molecular formula is C18H22N6O3S. The Morgan fingerprint density at radius 2 is 2.11 bits per heavy atom. The van der Waals surface area contributed by atoms with E-state index in [1.54, 1.807) is 28.9 Å². The highest BCUT2D eigenvalue weighted by Gasteiger charge is 2.25. The van der Waals surface area contributed by atoms with Crippen LogP contribution in [-0.4, -0.2) is 56.5 Å². The quantitative estimate of drug-likeness (QED) is 0.643. The molecule has 148 valence electrons. The summed E-state index contributed by atoms with van der Waals surface area (Å²) in [4.78, 5) is 24.7. The first-order chi connectivity index (χ1) is 13.7. The van der Waals surface area contributed by atoms with E-state index in [2.05, 4.69) is 26.2 Å². The number of amides is 2. The lowest BCUT2D eigenvalue weighted by Crippen LogP contribution is -2.27. The van der Waals surface area contributed by atoms with Crippen LogP contribution >= 0.6 is 11.8 Å². The summed E-state index contributed by atoms with van der Waals surface area (Å²) >= 11 is 1.26. The van der Waals surface area contributed by atoms with Crippen molar-refractivity contribution in [3.63, 3.8) is 0 Å². The van der Waals surface area contributed by atoms with Crippen molar-refractivity contribution in [3.8, 4) is 0 Å². The zero-order valence-corrected chi connectivity index (χ0v) is 16.2. The fraction of sp³-hybridized carbons (Fsp3) is 0.500. The monoisotopic (exact) mass is 402 g/mol. The molecule has 1 aliphatic heterocycles. The van der Waals surface area contributed by atoms with Crippen LogP contribution in [0.3, 0.4) is 0 Å². The Morgan fingerprint density at radius 3 is 2.89 bits per heavy atom. The Morgan fingerprint density at radius 1 is 1.25 bits per heavy atom. The van der Waals surface area contributed by atoms with Crippen molar-refractivity contribution < 1.29 is 14.3 Å². The predicted octanol–water partition coefficient (Wildman–Crippen LogP) is 1.48. The first-order valence-corrected chi connectivity index (χ1v) is 10.4. The van der Waals surface area contributed by atoms with Crippen LogP contribution in [-0.2, 0) is 16.1 Å². The van der Waals surface area contributed by atoms with Gasteiger partial charge in [0.25, 0.3) is 5.91 Å². The Hall–Kier alpha value is -2.46. The van der Waals surface area contributed by atoms with E-state index in [0.717, 1.165) is 32.3 Å². The predicted molar refractivity (Wildman–Crippen MR) is 103 cm³/mol. The van der Waals surface area contributed by atoms with Gasteiger partial charge in [-0.1, -0.05) is 23.9 Å². The van der Waals surface area contributed by atoms with Gasteiger partial charge in [-0.25, -0.2) is 4.68 Å². The van der Waals surface area contributed by atoms with E-state index in [1.807, 2.05) is 0 Å². The second kappa shape index (κ2) is 8.70. The highest BCUT2D eigenvalue weighted by molar-refractivity contribution is 7.99. The molecule has 2 N–H and O–H groups in total. The Balaban J connectivity index is 1.33. The highest BCUT2D eigenvalue weighted by Crippen LogP contribution is 2.22. The standard InChI is InChI=1S/C18H22N6O3S/c25-16(11-28-18-21-22-23-24(18)10-13-4-3-9-27-13)20-15-6-2-1-5-14(15)17(26)19-12-7-8-12/h1-2,5-6,12-13H,3-4,7-11H2,(H,19,26)(H,20,25). The fourth-order valence-corrected chi connectivity index (χ4v) is 3.68. The van der Waals surface area contributed by atoms with E-state index in [-0.39, 0.29) is 29.7 Å². The van der Waals surface area contributed by atoms with Crippen molar-refractivity contribution in [2.75, 3.05) is 17.7 Å². The highest BCUT2D eigenvalue weighted by atomic mass is 32.2. The summed E-state index contributed by atoms with van der Waals surface area (Å²) in [7, 11) is 0. The van der Waals surface area contributed by atoms with Crippen LogP contribution in [0.2, 0.25) is 0 Å². The molecule has 1 saturated heterocycles. The molecule has 1 unspecified atom stereocenters. The molecular weight excluding hydrogens is 380 g/mol. The van der Waals surface area contributed by atoms with Gasteiger partial charge in [0.2, 0.25) is 11.1 Å². The number of nitrogens with zero attached hydrogens (tertiary/aromatic N) is 4. The molecule has 2 fully saturated rings. The van der Waals surface area contributed by atoms with Crippen LogP contribution in [0.4, 0.5) is 5.69 Å². The zero-order valence-electron chi connectivity index (χ0n) is 15.3. The largest absolute Gasteiger partial charge is 0.376 e. The molecule has 10 heteroatoms. The number of para-hydroxylation sites is 1. The van der Waals surface area contributed by atoms with Gasteiger partial charge in [-0.2, -0.15) is 0 Å². The Labute approximate surface area is 166 Å². The summed E-state index contributed by atoms with van der Waals surface area (Å²) < 4.78 is 7.28. The minimum Gasteiger partial charge on any atom is -0.376 e. The van der Waals surface area contributed by atoms with Crippen LogP contribution in [0.1, 0.15) is 36.0 Å². The molecule has 1 atom stereocenters. The second-order valence-electron chi connectivity index (χ2n) is 6.91. The fourth-order valence-electron chi connectivity index (χ4n) is 2.99. The van der Waals surface area contributed by atoms with Gasteiger partial charge in [-0.3, -0.25) is 9.59 Å². The number of aromatic nitrogens is 4. The van der Waals surface area contributed by atoms with Crippen molar-refractivity contribution in [2.45, 2.75) is 49.5 Å². The van der Waals surface area contributed by atoms with Gasteiger partial charge in [0.1, 0.15) is 0 Å². The number of nitrogens with one attached hydrogen (secondary N) is 2. The van der Waals surface area contributed by atoms with Crippen molar-refractivity contribution >= 4 is 29.3 Å². The number of tetrazole rings is 1. The van der Waals surface area contributed by atoms with Gasteiger partial charge in [-0.15, -0.1) is 5.10 Å². The third kappa shape index (κ3) is 4.87. The molecule has 9 nitrogen and oxygen atoms in total. The smallest absolute Gasteiger partial charge is 0.253 e. The lowest BCUT2D eigenvalue weighted by molar-refractivity contribution is -0.113. The molecule has 0 bridgehead atoms. The molecule has 2 amide bonds. The van der Waals surface area contributed by atoms with E-state index >= 15 is 0 Å². The number of carbonyl (C=O) groups is 2. The summed E-state index contributed by atoms with van der Waals surface area (Å²) in [5, 5.41) is 18.0. The first kappa shape index (κ1) is 18.9. The number of anilines is 1. The number of hydrogen-bond acceptors (Lipinski definition) is 7. The van der Waals surface area contributed by atoms with Crippen molar-refractivity contribution in [1.82, 2.24) is 25.5 Å². The molecule has 2 aliphatic rings. The van der Waals surface area contributed by atoms with Gasteiger partial charge in [0.05, 0.1) is 29.7 Å². The summed E-state index contributed by atoms with van der Waals surface area (Å²) in [5.74, 6) is -0.236. The molecule has 1 saturated carbocycles. The van der Waals surface area contributed by atoms with E-state index < -0.39 is 0 Å². The van der Waals surface area contributed by atoms with Gasteiger partial charge in [-0.05, 0) is 48.2 Å². The summed E-state index contributed by atoms with van der Waals surface area (Å²) in [6.45, 7) is 1.35. The molecule has 1 aromatic heterocycles. The maximum Gasteiger partial charge on any atom is 0.253 e. The van der Waals surface area contributed by atoms with Crippen LogP contribution in [0, 0.1) is 0 Å². The Kier molecular flexibility index (Phi) is 5.87. The maximum absolute atomic E-state index is 12.4. The van der Waals surface area contributed by atoms with Gasteiger partial charge in [0, 0.05) is 12.6 Å². The van der Waals surface area contributed by atoms with Crippen LogP contribution < -0.4 is 10.6 Å². The van der Waals surface area contributed by atoms with Crippen LogP contribution in [0.5, 0.6) is 0 Å². The van der Waals surface area contributed by atoms with Crippen molar-refractivity contribution in [2.24, 2.45) is 0 Å². The number of ether oxygens (including phenoxy) is 1. The van der Waals surface area contributed by atoms with Gasteiger partial charge in [0.15, 0.2) is 0 Å². The molecule has 2 aromatic rings.